The minimum atomic E-state index is -0.681. The Morgan fingerprint density at radius 3 is 2.83 bits per heavy atom. The predicted molar refractivity (Wildman–Crippen MR) is 89.8 cm³/mol. The van der Waals surface area contributed by atoms with Crippen LogP contribution in [0.3, 0.4) is 0 Å². The van der Waals surface area contributed by atoms with E-state index in [1.165, 1.54) is 0 Å². The molecule has 2 bridgehead atoms. The SMILES string of the molecule is Cc1ccc(C)c(N2C(=O)NC3CC2(C)Oc2ccccc23)c1. The maximum Gasteiger partial charge on any atom is 0.325 e. The number of carbonyl (C=O) groups excluding carboxylic acids is 1. The molecule has 0 spiro atoms. The number of hydrogen-bond acceptors (Lipinski definition) is 2. The first-order chi connectivity index (χ1) is 11.0. The molecule has 1 fully saturated rings. The lowest BCUT2D eigenvalue weighted by atomic mass is 9.90. The summed E-state index contributed by atoms with van der Waals surface area (Å²) in [5.74, 6) is 0.849. The molecule has 0 radical (unpaired) electrons. The zero-order valence-electron chi connectivity index (χ0n) is 13.6. The largest absolute Gasteiger partial charge is 0.467 e. The van der Waals surface area contributed by atoms with Gasteiger partial charge in [-0.2, -0.15) is 0 Å². The number of amides is 2. The standard InChI is InChI=1S/C19H20N2O2/c1-12-8-9-13(2)16(10-12)21-18(22)20-15-11-19(21,3)23-17-7-5-4-6-14(15)17/h4-10,15H,11H2,1-3H3,(H,20,22). The van der Waals surface area contributed by atoms with Crippen LogP contribution in [0, 0.1) is 13.8 Å². The lowest BCUT2D eigenvalue weighted by Crippen LogP contribution is -2.65. The average Bonchev–Trinajstić information content (AvgIpc) is 2.50. The van der Waals surface area contributed by atoms with Crippen LogP contribution in [0.2, 0.25) is 0 Å². The molecule has 2 aliphatic rings. The van der Waals surface area contributed by atoms with E-state index >= 15 is 0 Å². The highest BCUT2D eigenvalue weighted by atomic mass is 16.5. The van der Waals surface area contributed by atoms with Gasteiger partial charge in [-0.3, -0.25) is 4.90 Å². The van der Waals surface area contributed by atoms with Crippen LogP contribution >= 0.6 is 0 Å². The van der Waals surface area contributed by atoms with Crippen molar-refractivity contribution in [3.8, 4) is 5.75 Å². The molecule has 2 aromatic rings. The summed E-state index contributed by atoms with van der Waals surface area (Å²) >= 11 is 0. The van der Waals surface area contributed by atoms with Gasteiger partial charge in [-0.25, -0.2) is 4.79 Å². The van der Waals surface area contributed by atoms with Crippen molar-refractivity contribution in [2.24, 2.45) is 0 Å². The number of hydrogen-bond donors (Lipinski definition) is 1. The van der Waals surface area contributed by atoms with Crippen LogP contribution in [0.15, 0.2) is 42.5 Å². The Morgan fingerprint density at radius 2 is 2.00 bits per heavy atom. The molecule has 2 unspecified atom stereocenters. The van der Waals surface area contributed by atoms with E-state index in [1.54, 1.807) is 4.90 Å². The second kappa shape index (κ2) is 4.75. The van der Waals surface area contributed by atoms with Crippen LogP contribution in [0.1, 0.15) is 36.1 Å². The van der Waals surface area contributed by atoms with E-state index in [0.717, 1.165) is 34.5 Å². The van der Waals surface area contributed by atoms with Gasteiger partial charge in [0.05, 0.1) is 11.7 Å². The minimum Gasteiger partial charge on any atom is -0.467 e. The second-order valence-corrected chi connectivity index (χ2v) is 6.65. The lowest BCUT2D eigenvalue weighted by molar-refractivity contribution is 0.0378. The van der Waals surface area contributed by atoms with E-state index in [2.05, 4.69) is 11.4 Å². The summed E-state index contributed by atoms with van der Waals surface area (Å²) in [6.45, 7) is 6.05. The first-order valence-electron chi connectivity index (χ1n) is 7.94. The number of para-hydroxylation sites is 1. The number of nitrogens with one attached hydrogen (secondary N) is 1. The normalized spacial score (nSPS) is 25.4. The summed E-state index contributed by atoms with van der Waals surface area (Å²) < 4.78 is 6.29. The summed E-state index contributed by atoms with van der Waals surface area (Å²) in [6.07, 6.45) is 0.725. The van der Waals surface area contributed by atoms with E-state index in [0.29, 0.717) is 0 Å². The number of nitrogens with zero attached hydrogens (tertiary/aromatic N) is 1. The third-order valence-corrected chi connectivity index (χ3v) is 4.79. The van der Waals surface area contributed by atoms with Gasteiger partial charge in [0.1, 0.15) is 5.75 Å². The number of rotatable bonds is 1. The van der Waals surface area contributed by atoms with Crippen molar-refractivity contribution in [1.29, 1.82) is 0 Å². The van der Waals surface area contributed by atoms with Crippen molar-refractivity contribution < 1.29 is 9.53 Å². The summed E-state index contributed by atoms with van der Waals surface area (Å²) in [4.78, 5) is 14.6. The number of carbonyl (C=O) groups is 1. The molecule has 2 heterocycles. The van der Waals surface area contributed by atoms with E-state index in [9.17, 15) is 4.79 Å². The third kappa shape index (κ3) is 2.09. The fourth-order valence-corrected chi connectivity index (χ4v) is 3.65. The first kappa shape index (κ1) is 14.1. The highest BCUT2D eigenvalue weighted by Gasteiger charge is 2.50. The molecule has 2 atom stereocenters. The molecule has 0 aliphatic carbocycles. The van der Waals surface area contributed by atoms with Gasteiger partial charge in [0.2, 0.25) is 0 Å². The smallest absolute Gasteiger partial charge is 0.325 e. The van der Waals surface area contributed by atoms with Crippen molar-refractivity contribution >= 4 is 11.7 Å². The van der Waals surface area contributed by atoms with Crippen LogP contribution in [0.4, 0.5) is 10.5 Å². The van der Waals surface area contributed by atoms with Crippen LogP contribution < -0.4 is 15.0 Å². The van der Waals surface area contributed by atoms with Crippen molar-refractivity contribution in [3.05, 3.63) is 59.2 Å². The van der Waals surface area contributed by atoms with Crippen molar-refractivity contribution in [1.82, 2.24) is 5.32 Å². The number of fused-ring (bicyclic) bond motifs is 4. The monoisotopic (exact) mass is 308 g/mol. The Bertz CT molecular complexity index is 802. The predicted octanol–water partition coefficient (Wildman–Crippen LogP) is 4.07. The highest BCUT2D eigenvalue weighted by Crippen LogP contribution is 2.45. The Kier molecular flexibility index (Phi) is 2.92. The molecule has 118 valence electrons. The number of ether oxygens (including phenoxy) is 1. The van der Waals surface area contributed by atoms with Crippen LogP contribution in [0.25, 0.3) is 0 Å². The molecule has 2 aromatic carbocycles. The van der Waals surface area contributed by atoms with Crippen molar-refractivity contribution in [2.75, 3.05) is 4.90 Å². The second-order valence-electron chi connectivity index (χ2n) is 6.65. The number of anilines is 1. The molecule has 0 aromatic heterocycles. The fourth-order valence-electron chi connectivity index (χ4n) is 3.65. The number of urea groups is 1. The zero-order chi connectivity index (χ0) is 16.2. The van der Waals surface area contributed by atoms with Gasteiger partial charge in [-0.1, -0.05) is 30.3 Å². The highest BCUT2D eigenvalue weighted by molar-refractivity contribution is 5.95. The van der Waals surface area contributed by atoms with Gasteiger partial charge < -0.3 is 10.1 Å². The third-order valence-electron chi connectivity index (χ3n) is 4.79. The van der Waals surface area contributed by atoms with Crippen LogP contribution in [-0.2, 0) is 0 Å². The molecule has 2 aliphatic heterocycles. The van der Waals surface area contributed by atoms with Gasteiger partial charge in [-0.05, 0) is 44.0 Å². The van der Waals surface area contributed by atoms with Crippen LogP contribution in [0.5, 0.6) is 5.75 Å². The number of benzene rings is 2. The summed E-state index contributed by atoms with van der Waals surface area (Å²) in [5.41, 5.74) is 3.47. The minimum absolute atomic E-state index is 0.00110. The molecular formula is C19H20N2O2. The van der Waals surface area contributed by atoms with Gasteiger partial charge >= 0.3 is 6.03 Å². The molecule has 0 saturated carbocycles. The first-order valence-corrected chi connectivity index (χ1v) is 7.94. The molecule has 1 N–H and O–H groups in total. The molecule has 4 heteroatoms. The Hall–Kier alpha value is -2.49. The van der Waals surface area contributed by atoms with Gasteiger partial charge in [0.25, 0.3) is 0 Å². The van der Waals surface area contributed by atoms with Gasteiger partial charge in [-0.15, -0.1) is 0 Å². The zero-order valence-corrected chi connectivity index (χ0v) is 13.6. The van der Waals surface area contributed by atoms with E-state index in [1.807, 2.05) is 57.2 Å². The number of aryl methyl sites for hydroxylation is 2. The Labute approximate surface area is 136 Å². The summed E-state index contributed by atoms with van der Waals surface area (Å²) in [6, 6.07) is 14.0. The van der Waals surface area contributed by atoms with Crippen molar-refractivity contribution in [3.63, 3.8) is 0 Å². The molecule has 4 rings (SSSR count). The molecule has 1 saturated heterocycles. The quantitative estimate of drug-likeness (QED) is 0.862. The van der Waals surface area contributed by atoms with Gasteiger partial charge in [0.15, 0.2) is 5.72 Å². The summed E-state index contributed by atoms with van der Waals surface area (Å²) in [7, 11) is 0. The van der Waals surface area contributed by atoms with Crippen molar-refractivity contribution in [2.45, 2.75) is 39.0 Å². The van der Waals surface area contributed by atoms with E-state index in [4.69, 9.17) is 4.74 Å². The maximum absolute atomic E-state index is 12.8. The molecule has 23 heavy (non-hydrogen) atoms. The molecule has 2 amide bonds. The van der Waals surface area contributed by atoms with E-state index < -0.39 is 5.72 Å². The Balaban J connectivity index is 1.84. The van der Waals surface area contributed by atoms with Crippen LogP contribution in [-0.4, -0.2) is 11.8 Å². The molecular weight excluding hydrogens is 288 g/mol. The Morgan fingerprint density at radius 1 is 1.22 bits per heavy atom. The maximum atomic E-state index is 12.8. The van der Waals surface area contributed by atoms with E-state index in [-0.39, 0.29) is 12.1 Å². The summed E-state index contributed by atoms with van der Waals surface area (Å²) in [5, 5.41) is 3.13. The lowest BCUT2D eigenvalue weighted by Gasteiger charge is -2.51. The topological polar surface area (TPSA) is 41.6 Å². The average molecular weight is 308 g/mol. The fraction of sp³-hybridized carbons (Fsp3) is 0.316. The van der Waals surface area contributed by atoms with Gasteiger partial charge in [0, 0.05) is 12.0 Å². The molecule has 4 nitrogen and oxygen atoms in total.